The highest BCUT2D eigenvalue weighted by molar-refractivity contribution is 5.59. The van der Waals surface area contributed by atoms with Crippen molar-refractivity contribution in [2.24, 2.45) is 0 Å². The molecule has 1 saturated heterocycles. The van der Waals surface area contributed by atoms with E-state index in [0.717, 1.165) is 13.1 Å². The first kappa shape index (κ1) is 11.4. The Morgan fingerprint density at radius 3 is 2.69 bits per heavy atom. The number of anilines is 1. The fourth-order valence-electron chi connectivity index (χ4n) is 2.34. The normalized spacial score (nSPS) is 21.2. The lowest BCUT2D eigenvalue weighted by molar-refractivity contribution is 0.00351. The minimum Gasteiger partial charge on any atom is -0.394 e. The number of aryl methyl sites for hydroxylation is 2. The first-order valence-corrected chi connectivity index (χ1v) is 5.76. The van der Waals surface area contributed by atoms with Crippen LogP contribution in [0, 0.1) is 13.8 Å². The van der Waals surface area contributed by atoms with E-state index < -0.39 is 0 Å². The van der Waals surface area contributed by atoms with Gasteiger partial charge < -0.3 is 14.7 Å². The van der Waals surface area contributed by atoms with Gasteiger partial charge >= 0.3 is 0 Å². The maximum absolute atomic E-state index is 9.14. The van der Waals surface area contributed by atoms with Crippen LogP contribution < -0.4 is 4.90 Å². The van der Waals surface area contributed by atoms with Crippen LogP contribution in [0.15, 0.2) is 18.2 Å². The monoisotopic (exact) mass is 221 g/mol. The number of benzene rings is 1. The maximum Gasteiger partial charge on any atom is 0.0980 e. The van der Waals surface area contributed by atoms with Gasteiger partial charge in [-0.25, -0.2) is 0 Å². The third-order valence-electron chi connectivity index (χ3n) is 3.10. The second-order valence-electron chi connectivity index (χ2n) is 4.36. The molecule has 0 bridgehead atoms. The SMILES string of the molecule is Cc1cccc(C)c1N1CCOC(CO)C1. The van der Waals surface area contributed by atoms with Gasteiger partial charge in [-0.3, -0.25) is 0 Å². The number of morpholine rings is 1. The Bertz CT molecular complexity index is 345. The molecule has 0 radical (unpaired) electrons. The van der Waals surface area contributed by atoms with Gasteiger partial charge in [-0.05, 0) is 25.0 Å². The van der Waals surface area contributed by atoms with Crippen LogP contribution in [0.3, 0.4) is 0 Å². The largest absolute Gasteiger partial charge is 0.394 e. The molecule has 1 aromatic carbocycles. The predicted molar refractivity (Wildman–Crippen MR) is 65.0 cm³/mol. The number of ether oxygens (including phenoxy) is 1. The standard InChI is InChI=1S/C13H19NO2/c1-10-4-3-5-11(2)13(10)14-6-7-16-12(8-14)9-15/h3-5,12,15H,6-9H2,1-2H3. The first-order valence-electron chi connectivity index (χ1n) is 5.76. The number of rotatable bonds is 2. The number of hydrogen-bond acceptors (Lipinski definition) is 3. The topological polar surface area (TPSA) is 32.7 Å². The molecule has 1 unspecified atom stereocenters. The van der Waals surface area contributed by atoms with Gasteiger partial charge in [0.05, 0.1) is 19.3 Å². The summed E-state index contributed by atoms with van der Waals surface area (Å²) in [5.41, 5.74) is 3.88. The summed E-state index contributed by atoms with van der Waals surface area (Å²) in [6.45, 7) is 6.74. The highest BCUT2D eigenvalue weighted by atomic mass is 16.5. The summed E-state index contributed by atoms with van der Waals surface area (Å²) in [4.78, 5) is 2.31. The van der Waals surface area contributed by atoms with Gasteiger partial charge in [-0.15, -0.1) is 0 Å². The smallest absolute Gasteiger partial charge is 0.0980 e. The van der Waals surface area contributed by atoms with Crippen molar-refractivity contribution < 1.29 is 9.84 Å². The van der Waals surface area contributed by atoms with Crippen LogP contribution in [-0.4, -0.2) is 37.5 Å². The average Bonchev–Trinajstić information content (AvgIpc) is 2.29. The lowest BCUT2D eigenvalue weighted by Crippen LogP contribution is -2.44. The summed E-state index contributed by atoms with van der Waals surface area (Å²) in [5.74, 6) is 0. The molecule has 0 aliphatic carbocycles. The predicted octanol–water partition coefficient (Wildman–Crippen LogP) is 1.50. The van der Waals surface area contributed by atoms with Crippen LogP contribution in [0.25, 0.3) is 0 Å². The zero-order valence-corrected chi connectivity index (χ0v) is 9.94. The lowest BCUT2D eigenvalue weighted by Gasteiger charge is -2.35. The zero-order valence-electron chi connectivity index (χ0n) is 9.94. The molecule has 1 aliphatic heterocycles. The van der Waals surface area contributed by atoms with Crippen molar-refractivity contribution in [3.63, 3.8) is 0 Å². The number of hydrogen-bond donors (Lipinski definition) is 1. The lowest BCUT2D eigenvalue weighted by atomic mass is 10.1. The summed E-state index contributed by atoms with van der Waals surface area (Å²) in [6.07, 6.45) is -0.0484. The van der Waals surface area contributed by atoms with Gasteiger partial charge in [0.2, 0.25) is 0 Å². The van der Waals surface area contributed by atoms with E-state index in [9.17, 15) is 0 Å². The third kappa shape index (κ3) is 2.20. The van der Waals surface area contributed by atoms with E-state index in [1.807, 2.05) is 0 Å². The molecular formula is C13H19NO2. The highest BCUT2D eigenvalue weighted by Gasteiger charge is 2.21. The molecule has 1 fully saturated rings. The average molecular weight is 221 g/mol. The summed E-state index contributed by atoms with van der Waals surface area (Å²) in [7, 11) is 0. The van der Waals surface area contributed by atoms with Crippen LogP contribution in [0.2, 0.25) is 0 Å². The second kappa shape index (κ2) is 4.85. The molecule has 1 atom stereocenters. The van der Waals surface area contributed by atoms with Crippen molar-refractivity contribution in [2.45, 2.75) is 20.0 Å². The number of aliphatic hydroxyl groups excluding tert-OH is 1. The van der Waals surface area contributed by atoms with E-state index in [0.29, 0.717) is 6.61 Å². The van der Waals surface area contributed by atoms with Gasteiger partial charge in [-0.1, -0.05) is 18.2 Å². The minimum absolute atomic E-state index is 0.0484. The summed E-state index contributed by atoms with van der Waals surface area (Å²) in [6, 6.07) is 6.34. The fourth-order valence-corrected chi connectivity index (χ4v) is 2.34. The highest BCUT2D eigenvalue weighted by Crippen LogP contribution is 2.26. The number of para-hydroxylation sites is 1. The van der Waals surface area contributed by atoms with E-state index in [1.165, 1.54) is 16.8 Å². The van der Waals surface area contributed by atoms with Crippen LogP contribution in [0.4, 0.5) is 5.69 Å². The molecular weight excluding hydrogens is 202 g/mol. The van der Waals surface area contributed by atoms with E-state index in [1.54, 1.807) is 0 Å². The van der Waals surface area contributed by atoms with Gasteiger partial charge in [0.25, 0.3) is 0 Å². The van der Waals surface area contributed by atoms with Gasteiger partial charge in [-0.2, -0.15) is 0 Å². The molecule has 3 heteroatoms. The molecule has 1 N–H and O–H groups in total. The Labute approximate surface area is 96.6 Å². The van der Waals surface area contributed by atoms with Gasteiger partial charge in [0.1, 0.15) is 0 Å². The molecule has 0 saturated carbocycles. The molecule has 0 aromatic heterocycles. The molecule has 16 heavy (non-hydrogen) atoms. The number of aliphatic hydroxyl groups is 1. The summed E-state index contributed by atoms with van der Waals surface area (Å²) >= 11 is 0. The molecule has 0 spiro atoms. The molecule has 1 heterocycles. The maximum atomic E-state index is 9.14. The van der Waals surface area contributed by atoms with Gasteiger partial charge in [0.15, 0.2) is 0 Å². The van der Waals surface area contributed by atoms with Crippen molar-refractivity contribution in [3.8, 4) is 0 Å². The summed E-state index contributed by atoms with van der Waals surface area (Å²) < 4.78 is 5.47. The van der Waals surface area contributed by atoms with Crippen LogP contribution in [0.5, 0.6) is 0 Å². The Balaban J connectivity index is 2.23. The molecule has 0 amide bonds. The van der Waals surface area contributed by atoms with Crippen LogP contribution in [-0.2, 0) is 4.74 Å². The van der Waals surface area contributed by atoms with E-state index in [2.05, 4.69) is 36.9 Å². The van der Waals surface area contributed by atoms with Gasteiger partial charge in [0, 0.05) is 18.8 Å². The van der Waals surface area contributed by atoms with Crippen molar-refractivity contribution in [3.05, 3.63) is 29.3 Å². The van der Waals surface area contributed by atoms with Crippen molar-refractivity contribution >= 4 is 5.69 Å². The zero-order chi connectivity index (χ0) is 11.5. The third-order valence-corrected chi connectivity index (χ3v) is 3.10. The van der Waals surface area contributed by atoms with E-state index in [4.69, 9.17) is 9.84 Å². The molecule has 3 nitrogen and oxygen atoms in total. The minimum atomic E-state index is -0.0484. The quantitative estimate of drug-likeness (QED) is 0.821. The van der Waals surface area contributed by atoms with Crippen molar-refractivity contribution in [2.75, 3.05) is 31.2 Å². The second-order valence-corrected chi connectivity index (χ2v) is 4.36. The molecule has 1 aliphatic rings. The Kier molecular flexibility index (Phi) is 3.46. The van der Waals surface area contributed by atoms with E-state index in [-0.39, 0.29) is 12.7 Å². The molecule has 1 aromatic rings. The van der Waals surface area contributed by atoms with Crippen LogP contribution >= 0.6 is 0 Å². The Hall–Kier alpha value is -1.06. The van der Waals surface area contributed by atoms with E-state index >= 15 is 0 Å². The Morgan fingerprint density at radius 2 is 2.06 bits per heavy atom. The van der Waals surface area contributed by atoms with Crippen molar-refractivity contribution in [1.82, 2.24) is 0 Å². The molecule has 2 rings (SSSR count). The van der Waals surface area contributed by atoms with Crippen molar-refractivity contribution in [1.29, 1.82) is 0 Å². The first-order chi connectivity index (χ1) is 7.72. The van der Waals surface area contributed by atoms with Crippen LogP contribution in [0.1, 0.15) is 11.1 Å². The fraction of sp³-hybridized carbons (Fsp3) is 0.538. The molecule has 88 valence electrons. The Morgan fingerprint density at radius 1 is 1.38 bits per heavy atom. The number of nitrogens with zero attached hydrogens (tertiary/aromatic N) is 1. The summed E-state index contributed by atoms with van der Waals surface area (Å²) in [5, 5.41) is 9.14.